The molecule has 2 aromatic heterocycles. The second-order valence-electron chi connectivity index (χ2n) is 3.73. The summed E-state index contributed by atoms with van der Waals surface area (Å²) in [6, 6.07) is 0. The highest BCUT2D eigenvalue weighted by Crippen LogP contribution is 2.26. The standard InChI is InChI=1S/C10H13ClN4/c1-6(7(2)11)9-8-4-14-15(3)10(8)13-5-12-9/h4-7H,1-3H3. The Bertz CT molecular complexity index is 477. The third kappa shape index (κ3) is 1.69. The molecule has 0 aliphatic heterocycles. The van der Waals surface area contributed by atoms with Crippen LogP contribution in [0.3, 0.4) is 0 Å². The maximum Gasteiger partial charge on any atom is 0.161 e. The van der Waals surface area contributed by atoms with Gasteiger partial charge in [-0.05, 0) is 6.92 Å². The third-order valence-electron chi connectivity index (χ3n) is 2.68. The van der Waals surface area contributed by atoms with Gasteiger partial charge >= 0.3 is 0 Å². The highest BCUT2D eigenvalue weighted by atomic mass is 35.5. The largest absolute Gasteiger partial charge is 0.250 e. The minimum Gasteiger partial charge on any atom is -0.250 e. The van der Waals surface area contributed by atoms with Gasteiger partial charge in [-0.1, -0.05) is 6.92 Å². The molecule has 0 aliphatic rings. The topological polar surface area (TPSA) is 43.6 Å². The Kier molecular flexibility index (Phi) is 2.61. The number of alkyl halides is 1. The van der Waals surface area contributed by atoms with Crippen molar-refractivity contribution in [1.29, 1.82) is 0 Å². The molecule has 2 atom stereocenters. The lowest BCUT2D eigenvalue weighted by Gasteiger charge is -2.13. The fourth-order valence-electron chi connectivity index (χ4n) is 1.56. The van der Waals surface area contributed by atoms with Gasteiger partial charge in [0.05, 0.1) is 17.3 Å². The summed E-state index contributed by atoms with van der Waals surface area (Å²) in [5, 5.41) is 5.20. The van der Waals surface area contributed by atoms with Crippen LogP contribution in [0.1, 0.15) is 25.5 Å². The normalized spacial score (nSPS) is 15.5. The van der Waals surface area contributed by atoms with Gasteiger partial charge in [0.15, 0.2) is 5.65 Å². The number of hydrogen-bond acceptors (Lipinski definition) is 3. The van der Waals surface area contributed by atoms with E-state index in [0.29, 0.717) is 0 Å². The molecule has 80 valence electrons. The monoisotopic (exact) mass is 224 g/mol. The van der Waals surface area contributed by atoms with Gasteiger partial charge in [0.1, 0.15) is 6.33 Å². The van der Waals surface area contributed by atoms with E-state index in [4.69, 9.17) is 11.6 Å². The van der Waals surface area contributed by atoms with Gasteiger partial charge in [-0.25, -0.2) is 9.97 Å². The number of halogens is 1. The Morgan fingerprint density at radius 3 is 2.73 bits per heavy atom. The molecular weight excluding hydrogens is 212 g/mol. The lowest BCUT2D eigenvalue weighted by atomic mass is 10.0. The van der Waals surface area contributed by atoms with Crippen molar-refractivity contribution in [3.05, 3.63) is 18.2 Å². The zero-order chi connectivity index (χ0) is 11.0. The predicted molar refractivity (Wildman–Crippen MR) is 60.0 cm³/mol. The van der Waals surface area contributed by atoms with Gasteiger partial charge < -0.3 is 0 Å². The fraction of sp³-hybridized carbons (Fsp3) is 0.500. The van der Waals surface area contributed by atoms with Crippen LogP contribution in [0.15, 0.2) is 12.5 Å². The summed E-state index contributed by atoms with van der Waals surface area (Å²) < 4.78 is 1.74. The van der Waals surface area contributed by atoms with Crippen molar-refractivity contribution in [2.75, 3.05) is 0 Å². The van der Waals surface area contributed by atoms with E-state index >= 15 is 0 Å². The first-order valence-electron chi connectivity index (χ1n) is 4.88. The number of rotatable bonds is 2. The smallest absolute Gasteiger partial charge is 0.161 e. The molecule has 2 unspecified atom stereocenters. The second-order valence-corrected chi connectivity index (χ2v) is 4.42. The molecule has 2 aromatic rings. The van der Waals surface area contributed by atoms with E-state index in [1.54, 1.807) is 17.2 Å². The van der Waals surface area contributed by atoms with E-state index < -0.39 is 0 Å². The van der Waals surface area contributed by atoms with Crippen LogP contribution in [0.25, 0.3) is 11.0 Å². The Balaban J connectivity index is 2.61. The molecule has 0 aromatic carbocycles. The first-order valence-corrected chi connectivity index (χ1v) is 5.31. The molecule has 0 fully saturated rings. The first-order chi connectivity index (χ1) is 7.11. The van der Waals surface area contributed by atoms with E-state index in [2.05, 4.69) is 22.0 Å². The summed E-state index contributed by atoms with van der Waals surface area (Å²) in [6.45, 7) is 4.03. The number of hydrogen-bond donors (Lipinski definition) is 0. The van der Waals surface area contributed by atoms with Crippen LogP contribution in [-0.2, 0) is 7.05 Å². The zero-order valence-corrected chi connectivity index (χ0v) is 9.73. The van der Waals surface area contributed by atoms with Crippen LogP contribution >= 0.6 is 11.6 Å². The average molecular weight is 225 g/mol. The molecular formula is C10H13ClN4. The summed E-state index contributed by atoms with van der Waals surface area (Å²) >= 11 is 6.08. The molecule has 4 nitrogen and oxygen atoms in total. The maximum absolute atomic E-state index is 6.08. The van der Waals surface area contributed by atoms with Crippen molar-refractivity contribution < 1.29 is 0 Å². The van der Waals surface area contributed by atoms with Crippen molar-refractivity contribution in [3.8, 4) is 0 Å². The van der Waals surface area contributed by atoms with Gasteiger partial charge in [0, 0.05) is 18.3 Å². The van der Waals surface area contributed by atoms with E-state index in [9.17, 15) is 0 Å². The van der Waals surface area contributed by atoms with Gasteiger partial charge in [0.2, 0.25) is 0 Å². The average Bonchev–Trinajstić information content (AvgIpc) is 2.59. The van der Waals surface area contributed by atoms with Gasteiger partial charge in [-0.15, -0.1) is 11.6 Å². The quantitative estimate of drug-likeness (QED) is 0.734. The molecule has 0 bridgehead atoms. The summed E-state index contributed by atoms with van der Waals surface area (Å²) in [5.74, 6) is 0.196. The summed E-state index contributed by atoms with van der Waals surface area (Å²) in [6.07, 6.45) is 3.36. The van der Waals surface area contributed by atoms with Crippen LogP contribution in [0, 0.1) is 0 Å². The Labute approximate surface area is 93.3 Å². The van der Waals surface area contributed by atoms with Crippen molar-refractivity contribution in [1.82, 2.24) is 19.7 Å². The Morgan fingerprint density at radius 2 is 2.07 bits per heavy atom. The highest BCUT2D eigenvalue weighted by molar-refractivity contribution is 6.20. The van der Waals surface area contributed by atoms with Crippen LogP contribution in [0.4, 0.5) is 0 Å². The van der Waals surface area contributed by atoms with E-state index in [1.165, 1.54) is 0 Å². The van der Waals surface area contributed by atoms with Gasteiger partial charge in [-0.3, -0.25) is 4.68 Å². The van der Waals surface area contributed by atoms with Crippen molar-refractivity contribution >= 4 is 22.6 Å². The zero-order valence-electron chi connectivity index (χ0n) is 8.98. The number of nitrogens with zero attached hydrogens (tertiary/aromatic N) is 4. The molecule has 0 radical (unpaired) electrons. The molecule has 2 heterocycles. The van der Waals surface area contributed by atoms with Crippen LogP contribution < -0.4 is 0 Å². The molecule has 0 amide bonds. The van der Waals surface area contributed by atoms with Gasteiger partial charge in [-0.2, -0.15) is 5.10 Å². The molecule has 5 heteroatoms. The summed E-state index contributed by atoms with van der Waals surface area (Å²) in [5.41, 5.74) is 1.82. The van der Waals surface area contributed by atoms with Crippen molar-refractivity contribution in [2.45, 2.75) is 25.1 Å². The SMILES string of the molecule is CC(Cl)C(C)c1ncnc2c1cnn2C. The minimum absolute atomic E-state index is 0.0447. The predicted octanol–water partition coefficient (Wildman–Crippen LogP) is 2.09. The van der Waals surface area contributed by atoms with Gasteiger partial charge in [0.25, 0.3) is 0 Å². The molecule has 0 spiro atoms. The Morgan fingerprint density at radius 1 is 1.33 bits per heavy atom. The number of aromatic nitrogens is 4. The second kappa shape index (κ2) is 3.77. The molecule has 0 saturated carbocycles. The summed E-state index contributed by atoms with van der Waals surface area (Å²) in [7, 11) is 1.87. The van der Waals surface area contributed by atoms with Crippen LogP contribution in [0.2, 0.25) is 0 Å². The molecule has 0 saturated heterocycles. The fourth-order valence-corrected chi connectivity index (χ4v) is 1.68. The number of aryl methyl sites for hydroxylation is 1. The van der Waals surface area contributed by atoms with Crippen molar-refractivity contribution in [2.24, 2.45) is 7.05 Å². The summed E-state index contributed by atoms with van der Waals surface area (Å²) in [4.78, 5) is 8.48. The van der Waals surface area contributed by atoms with E-state index in [1.807, 2.05) is 14.0 Å². The highest BCUT2D eigenvalue weighted by Gasteiger charge is 2.17. The molecule has 0 aliphatic carbocycles. The lowest BCUT2D eigenvalue weighted by molar-refractivity contribution is 0.720. The maximum atomic E-state index is 6.08. The Hall–Kier alpha value is -1.16. The first kappa shape index (κ1) is 10.4. The van der Waals surface area contributed by atoms with E-state index in [-0.39, 0.29) is 11.3 Å². The van der Waals surface area contributed by atoms with Crippen LogP contribution in [0.5, 0.6) is 0 Å². The van der Waals surface area contributed by atoms with Crippen molar-refractivity contribution in [3.63, 3.8) is 0 Å². The molecule has 15 heavy (non-hydrogen) atoms. The number of fused-ring (bicyclic) bond motifs is 1. The van der Waals surface area contributed by atoms with Crippen LogP contribution in [-0.4, -0.2) is 25.1 Å². The lowest BCUT2D eigenvalue weighted by Crippen LogP contribution is -2.08. The molecule has 0 N–H and O–H groups in total. The minimum atomic E-state index is 0.0447. The third-order valence-corrected chi connectivity index (χ3v) is 3.06. The molecule has 2 rings (SSSR count). The van der Waals surface area contributed by atoms with E-state index in [0.717, 1.165) is 16.7 Å².